The number of aromatic nitrogens is 1. The van der Waals surface area contributed by atoms with E-state index in [9.17, 15) is 4.79 Å². The van der Waals surface area contributed by atoms with E-state index in [1.807, 2.05) is 6.07 Å². The van der Waals surface area contributed by atoms with E-state index in [0.29, 0.717) is 21.8 Å². The molecule has 0 saturated heterocycles. The maximum absolute atomic E-state index is 12.5. The summed E-state index contributed by atoms with van der Waals surface area (Å²) in [6.07, 6.45) is 3.08. The van der Waals surface area contributed by atoms with Crippen molar-refractivity contribution >= 4 is 29.0 Å². The number of thiocarbonyl (C=S) groups is 1. The average Bonchev–Trinajstić information content (AvgIpc) is 2.46. The Bertz CT molecular complexity index is 689. The van der Waals surface area contributed by atoms with Gasteiger partial charge < -0.3 is 10.1 Å². The molecule has 114 valence electrons. The Labute approximate surface area is 134 Å². The zero-order valence-electron chi connectivity index (χ0n) is 12.6. The lowest BCUT2D eigenvalue weighted by atomic mass is 9.82. The van der Waals surface area contributed by atoms with Gasteiger partial charge in [-0.25, -0.2) is 4.79 Å². The molecule has 1 atom stereocenters. The van der Waals surface area contributed by atoms with Gasteiger partial charge in [-0.1, -0.05) is 18.3 Å². The highest BCUT2D eigenvalue weighted by Gasteiger charge is 2.35. The van der Waals surface area contributed by atoms with Gasteiger partial charge in [-0.3, -0.25) is 10.4 Å². The van der Waals surface area contributed by atoms with E-state index in [2.05, 4.69) is 16.2 Å². The topological polar surface area (TPSA) is 75.1 Å². The molecule has 1 aliphatic rings. The summed E-state index contributed by atoms with van der Waals surface area (Å²) in [5.41, 5.74) is 2.27. The van der Waals surface area contributed by atoms with Crippen LogP contribution in [0.25, 0.3) is 0 Å². The van der Waals surface area contributed by atoms with Crippen LogP contribution in [-0.4, -0.2) is 27.9 Å². The number of ether oxygens (including phenoxy) is 1. The molecule has 0 aromatic carbocycles. The standard InChI is InChI=1S/C16H17N3O2S/c1-9(2)21-16(20)13-10(3)19-15(22)12(7-17)14(13)11-5-4-6-18-8-11/h4-6,8-9,14,17H,1-3H3,(H,19,22). The summed E-state index contributed by atoms with van der Waals surface area (Å²) >= 11 is 5.27. The minimum absolute atomic E-state index is 0.233. The second kappa shape index (κ2) is 6.64. The molecule has 22 heavy (non-hydrogen) atoms. The van der Waals surface area contributed by atoms with E-state index < -0.39 is 11.9 Å². The fourth-order valence-electron chi connectivity index (χ4n) is 2.35. The molecule has 2 heterocycles. The summed E-state index contributed by atoms with van der Waals surface area (Å²) in [5, 5.41) is 10.5. The van der Waals surface area contributed by atoms with E-state index in [-0.39, 0.29) is 6.10 Å². The van der Waals surface area contributed by atoms with Gasteiger partial charge in [0.1, 0.15) is 4.99 Å². The highest BCUT2D eigenvalue weighted by molar-refractivity contribution is 7.80. The average molecular weight is 315 g/mol. The molecule has 0 fully saturated rings. The third-order valence-electron chi connectivity index (χ3n) is 3.24. The first-order valence-corrected chi connectivity index (χ1v) is 7.29. The second-order valence-corrected chi connectivity index (χ2v) is 5.61. The molecule has 0 radical (unpaired) electrons. The van der Waals surface area contributed by atoms with Crippen LogP contribution < -0.4 is 5.32 Å². The van der Waals surface area contributed by atoms with E-state index in [1.54, 1.807) is 39.2 Å². The summed E-state index contributed by atoms with van der Waals surface area (Å²) in [6, 6.07) is 3.63. The molecule has 1 unspecified atom stereocenters. The van der Waals surface area contributed by atoms with Gasteiger partial charge in [-0.05, 0) is 38.3 Å². The summed E-state index contributed by atoms with van der Waals surface area (Å²) in [7, 11) is 0. The first-order valence-electron chi connectivity index (χ1n) is 6.88. The van der Waals surface area contributed by atoms with Crippen LogP contribution in [0, 0.1) is 5.41 Å². The number of pyridine rings is 1. The molecule has 0 spiro atoms. The molecule has 0 amide bonds. The minimum atomic E-state index is -0.494. The Morgan fingerprint density at radius 2 is 2.27 bits per heavy atom. The predicted octanol–water partition coefficient (Wildman–Crippen LogP) is 2.50. The molecular weight excluding hydrogens is 298 g/mol. The largest absolute Gasteiger partial charge is 0.460 e. The van der Waals surface area contributed by atoms with Gasteiger partial charge in [0.2, 0.25) is 0 Å². The van der Waals surface area contributed by atoms with Gasteiger partial charge in [0, 0.05) is 18.1 Å². The molecule has 2 rings (SSSR count). The predicted molar refractivity (Wildman–Crippen MR) is 87.9 cm³/mol. The number of carbonyl (C=O) groups is 1. The van der Waals surface area contributed by atoms with Crippen molar-refractivity contribution in [1.29, 1.82) is 5.41 Å². The number of rotatable bonds is 3. The van der Waals surface area contributed by atoms with E-state index >= 15 is 0 Å². The van der Waals surface area contributed by atoms with Crippen molar-refractivity contribution in [2.75, 3.05) is 0 Å². The molecule has 1 aliphatic heterocycles. The van der Waals surface area contributed by atoms with Crippen LogP contribution in [0.5, 0.6) is 0 Å². The second-order valence-electron chi connectivity index (χ2n) is 5.20. The monoisotopic (exact) mass is 315 g/mol. The molecular formula is C16H17N3O2S. The summed E-state index contributed by atoms with van der Waals surface area (Å²) in [6.45, 7) is 5.36. The van der Waals surface area contributed by atoms with Crippen molar-refractivity contribution in [1.82, 2.24) is 10.3 Å². The quantitative estimate of drug-likeness (QED) is 0.388. The van der Waals surface area contributed by atoms with Crippen molar-refractivity contribution in [3.63, 3.8) is 0 Å². The van der Waals surface area contributed by atoms with Crippen molar-refractivity contribution in [2.45, 2.75) is 32.8 Å². The Kier molecular flexibility index (Phi) is 4.85. The van der Waals surface area contributed by atoms with Crippen LogP contribution in [0.4, 0.5) is 0 Å². The number of nitrogens with one attached hydrogen (secondary N) is 2. The van der Waals surface area contributed by atoms with Gasteiger partial charge in [0.05, 0.1) is 23.2 Å². The van der Waals surface area contributed by atoms with Crippen molar-refractivity contribution in [2.24, 2.45) is 0 Å². The molecule has 1 aromatic heterocycles. The van der Waals surface area contributed by atoms with Crippen LogP contribution in [0.3, 0.4) is 0 Å². The molecule has 6 heteroatoms. The first kappa shape index (κ1) is 16.1. The van der Waals surface area contributed by atoms with Gasteiger partial charge >= 0.3 is 5.97 Å². The third-order valence-corrected chi connectivity index (χ3v) is 3.56. The first-order chi connectivity index (χ1) is 10.5. The Morgan fingerprint density at radius 3 is 2.82 bits per heavy atom. The fourth-order valence-corrected chi connectivity index (χ4v) is 2.68. The molecule has 1 aromatic rings. The molecule has 2 N–H and O–H groups in total. The minimum Gasteiger partial charge on any atom is -0.460 e. The maximum Gasteiger partial charge on any atom is 0.337 e. The van der Waals surface area contributed by atoms with Crippen LogP contribution >= 0.6 is 12.2 Å². The zero-order chi connectivity index (χ0) is 16.3. The number of carbonyl (C=O) groups excluding carboxylic acids is 1. The van der Waals surface area contributed by atoms with Gasteiger partial charge in [0.25, 0.3) is 0 Å². The van der Waals surface area contributed by atoms with Crippen molar-refractivity contribution in [3.8, 4) is 0 Å². The van der Waals surface area contributed by atoms with Crippen molar-refractivity contribution < 1.29 is 9.53 Å². The van der Waals surface area contributed by atoms with E-state index in [4.69, 9.17) is 22.4 Å². The Hall–Kier alpha value is -2.30. The summed E-state index contributed by atoms with van der Waals surface area (Å²) < 4.78 is 5.34. The summed E-state index contributed by atoms with van der Waals surface area (Å²) in [5.74, 6) is 1.43. The van der Waals surface area contributed by atoms with Gasteiger partial charge in [0.15, 0.2) is 0 Å². The Balaban J connectivity index is 2.59. The molecule has 5 nitrogen and oxygen atoms in total. The summed E-state index contributed by atoms with van der Waals surface area (Å²) in [4.78, 5) is 17.0. The maximum atomic E-state index is 12.5. The third kappa shape index (κ3) is 3.13. The van der Waals surface area contributed by atoms with Crippen LogP contribution in [0.2, 0.25) is 0 Å². The zero-order valence-corrected chi connectivity index (χ0v) is 13.5. The SMILES string of the molecule is CC1=C(C(=O)OC(C)C)C(c2cccnc2)C(=C=N)C(=S)N1. The number of hydrogen-bond donors (Lipinski definition) is 2. The van der Waals surface area contributed by atoms with Gasteiger partial charge in [-0.15, -0.1) is 0 Å². The highest BCUT2D eigenvalue weighted by Crippen LogP contribution is 2.36. The van der Waals surface area contributed by atoms with Crippen LogP contribution in [0.1, 0.15) is 32.3 Å². The van der Waals surface area contributed by atoms with E-state index in [1.165, 1.54) is 0 Å². The van der Waals surface area contributed by atoms with Gasteiger partial charge in [-0.2, -0.15) is 0 Å². The van der Waals surface area contributed by atoms with Crippen LogP contribution in [0.15, 0.2) is 41.4 Å². The lowest BCUT2D eigenvalue weighted by molar-refractivity contribution is -0.143. The lowest BCUT2D eigenvalue weighted by Crippen LogP contribution is -2.36. The Morgan fingerprint density at radius 1 is 1.55 bits per heavy atom. The normalized spacial score (nSPS) is 18.1. The molecule has 0 aliphatic carbocycles. The van der Waals surface area contributed by atoms with E-state index in [0.717, 1.165) is 5.56 Å². The van der Waals surface area contributed by atoms with Crippen LogP contribution in [-0.2, 0) is 9.53 Å². The van der Waals surface area contributed by atoms with Crippen molar-refractivity contribution in [3.05, 3.63) is 46.9 Å². The lowest BCUT2D eigenvalue weighted by Gasteiger charge is -2.29. The number of allylic oxidation sites excluding steroid dienone is 1. The highest BCUT2D eigenvalue weighted by atomic mass is 32.1. The number of nitrogens with zero attached hydrogens (tertiary/aromatic N) is 1. The number of esters is 1. The smallest absolute Gasteiger partial charge is 0.337 e. The fraction of sp³-hybridized carbons (Fsp3) is 0.312. The molecule has 0 saturated carbocycles. The molecule has 0 bridgehead atoms. The number of hydrogen-bond acceptors (Lipinski definition) is 5.